The second-order valence-corrected chi connectivity index (χ2v) is 6.88. The zero-order valence-corrected chi connectivity index (χ0v) is 16.4. The Balaban J connectivity index is 1.42. The number of fused-ring (bicyclic) bond motifs is 1. The maximum absolute atomic E-state index is 12.6. The van der Waals surface area contributed by atoms with E-state index < -0.39 is 0 Å². The predicted molar refractivity (Wildman–Crippen MR) is 109 cm³/mol. The summed E-state index contributed by atoms with van der Waals surface area (Å²) in [7, 11) is 0. The number of benzene rings is 1. The number of rotatable bonds is 8. The van der Waals surface area contributed by atoms with Crippen LogP contribution in [0.3, 0.4) is 0 Å². The first-order chi connectivity index (χ1) is 13.6. The van der Waals surface area contributed by atoms with Gasteiger partial charge in [-0.3, -0.25) is 14.0 Å². The SMILES string of the molecule is Cc1nc2c(C)cccn2c1C(=O)NCCCC(=O)NCCc1ccccc1. The van der Waals surface area contributed by atoms with Crippen molar-refractivity contribution in [3.05, 3.63) is 71.2 Å². The Hall–Kier alpha value is -3.15. The number of aromatic nitrogens is 2. The minimum atomic E-state index is -0.167. The van der Waals surface area contributed by atoms with E-state index in [0.717, 1.165) is 17.6 Å². The number of pyridine rings is 1. The summed E-state index contributed by atoms with van der Waals surface area (Å²) < 4.78 is 1.82. The van der Waals surface area contributed by atoms with Gasteiger partial charge in [-0.1, -0.05) is 36.4 Å². The number of aryl methyl sites for hydroxylation is 2. The summed E-state index contributed by atoms with van der Waals surface area (Å²) >= 11 is 0. The van der Waals surface area contributed by atoms with E-state index in [4.69, 9.17) is 0 Å². The lowest BCUT2D eigenvalue weighted by atomic mass is 10.1. The number of nitrogens with zero attached hydrogens (tertiary/aromatic N) is 2. The zero-order valence-electron chi connectivity index (χ0n) is 16.4. The lowest BCUT2D eigenvalue weighted by molar-refractivity contribution is -0.121. The quantitative estimate of drug-likeness (QED) is 0.592. The summed E-state index contributed by atoms with van der Waals surface area (Å²) in [6.07, 6.45) is 3.64. The van der Waals surface area contributed by atoms with Crippen LogP contribution in [0.4, 0.5) is 0 Å². The van der Waals surface area contributed by atoms with Gasteiger partial charge in [-0.15, -0.1) is 0 Å². The van der Waals surface area contributed by atoms with Crippen molar-refractivity contribution in [1.82, 2.24) is 20.0 Å². The van der Waals surface area contributed by atoms with Gasteiger partial charge < -0.3 is 10.6 Å². The molecule has 0 fully saturated rings. The van der Waals surface area contributed by atoms with Gasteiger partial charge in [0.1, 0.15) is 11.3 Å². The topological polar surface area (TPSA) is 75.5 Å². The van der Waals surface area contributed by atoms with Gasteiger partial charge in [-0.25, -0.2) is 4.98 Å². The van der Waals surface area contributed by atoms with Crippen molar-refractivity contribution in [3.8, 4) is 0 Å². The van der Waals surface area contributed by atoms with Crippen LogP contribution in [0.5, 0.6) is 0 Å². The van der Waals surface area contributed by atoms with Crippen LogP contribution >= 0.6 is 0 Å². The van der Waals surface area contributed by atoms with E-state index in [1.165, 1.54) is 5.56 Å². The van der Waals surface area contributed by atoms with Crippen LogP contribution in [-0.2, 0) is 11.2 Å². The molecule has 2 amide bonds. The van der Waals surface area contributed by atoms with E-state index in [0.29, 0.717) is 37.3 Å². The Bertz CT molecular complexity index is 963. The van der Waals surface area contributed by atoms with Gasteiger partial charge in [-0.2, -0.15) is 0 Å². The maximum Gasteiger partial charge on any atom is 0.270 e. The average Bonchev–Trinajstić information content (AvgIpc) is 3.03. The number of imidazole rings is 1. The fourth-order valence-electron chi connectivity index (χ4n) is 3.20. The van der Waals surface area contributed by atoms with Gasteiger partial charge in [0, 0.05) is 25.7 Å². The normalized spacial score (nSPS) is 10.8. The van der Waals surface area contributed by atoms with Gasteiger partial charge >= 0.3 is 0 Å². The molecule has 0 spiro atoms. The first-order valence-electron chi connectivity index (χ1n) is 9.59. The van der Waals surface area contributed by atoms with Crippen LogP contribution in [0.2, 0.25) is 0 Å². The monoisotopic (exact) mass is 378 g/mol. The van der Waals surface area contributed by atoms with Gasteiger partial charge in [-0.05, 0) is 43.9 Å². The van der Waals surface area contributed by atoms with Crippen LogP contribution in [-0.4, -0.2) is 34.3 Å². The standard InChI is InChI=1S/C22H26N4O2/c1-16-8-7-15-26-20(17(2)25-21(16)26)22(28)24-13-6-11-19(27)23-14-12-18-9-4-3-5-10-18/h3-5,7-10,15H,6,11-14H2,1-2H3,(H,23,27)(H,24,28). The van der Waals surface area contributed by atoms with E-state index in [2.05, 4.69) is 15.6 Å². The van der Waals surface area contributed by atoms with Gasteiger partial charge in [0.05, 0.1) is 5.69 Å². The van der Waals surface area contributed by atoms with Crippen molar-refractivity contribution < 1.29 is 9.59 Å². The third-order valence-electron chi connectivity index (χ3n) is 4.68. The number of nitrogens with one attached hydrogen (secondary N) is 2. The van der Waals surface area contributed by atoms with Crippen molar-refractivity contribution in [2.45, 2.75) is 33.1 Å². The fourth-order valence-corrected chi connectivity index (χ4v) is 3.20. The minimum absolute atomic E-state index is 0.00629. The van der Waals surface area contributed by atoms with Crippen molar-refractivity contribution in [3.63, 3.8) is 0 Å². The molecule has 0 saturated heterocycles. The third kappa shape index (κ3) is 4.76. The Labute approximate surface area is 165 Å². The van der Waals surface area contributed by atoms with Gasteiger partial charge in [0.2, 0.25) is 5.91 Å². The summed E-state index contributed by atoms with van der Waals surface area (Å²) in [6.45, 7) is 4.88. The highest BCUT2D eigenvalue weighted by Gasteiger charge is 2.16. The highest BCUT2D eigenvalue weighted by molar-refractivity contribution is 5.94. The van der Waals surface area contributed by atoms with Gasteiger partial charge in [0.15, 0.2) is 0 Å². The molecule has 3 aromatic rings. The molecule has 6 nitrogen and oxygen atoms in total. The van der Waals surface area contributed by atoms with E-state index in [-0.39, 0.29) is 11.8 Å². The van der Waals surface area contributed by atoms with Crippen LogP contribution in [0.15, 0.2) is 48.7 Å². The summed E-state index contributed by atoms with van der Waals surface area (Å²) in [4.78, 5) is 29.0. The van der Waals surface area contributed by atoms with Crippen molar-refractivity contribution in [2.24, 2.45) is 0 Å². The summed E-state index contributed by atoms with van der Waals surface area (Å²) in [6, 6.07) is 13.9. The molecule has 2 N–H and O–H groups in total. The number of amides is 2. The van der Waals surface area contributed by atoms with Gasteiger partial charge in [0.25, 0.3) is 5.91 Å². The third-order valence-corrected chi connectivity index (χ3v) is 4.68. The van der Waals surface area contributed by atoms with Crippen LogP contribution in [0.25, 0.3) is 5.65 Å². The molecule has 2 heterocycles. The number of carbonyl (C=O) groups is 2. The van der Waals surface area contributed by atoms with Crippen LogP contribution < -0.4 is 10.6 Å². The van der Waals surface area contributed by atoms with Crippen LogP contribution in [0, 0.1) is 13.8 Å². The molecular formula is C22H26N4O2. The van der Waals surface area contributed by atoms with Crippen molar-refractivity contribution in [1.29, 1.82) is 0 Å². The highest BCUT2D eigenvalue weighted by atomic mass is 16.2. The van der Waals surface area contributed by atoms with Crippen LogP contribution in [0.1, 0.15) is 40.2 Å². The van der Waals surface area contributed by atoms with Crippen molar-refractivity contribution >= 4 is 17.5 Å². The molecule has 1 aromatic carbocycles. The molecule has 0 aliphatic rings. The molecular weight excluding hydrogens is 352 g/mol. The fraction of sp³-hybridized carbons (Fsp3) is 0.318. The van der Waals surface area contributed by atoms with Crippen molar-refractivity contribution in [2.75, 3.05) is 13.1 Å². The number of hydrogen-bond acceptors (Lipinski definition) is 3. The zero-order chi connectivity index (χ0) is 19.9. The highest BCUT2D eigenvalue weighted by Crippen LogP contribution is 2.15. The molecule has 0 unspecified atom stereocenters. The summed E-state index contributed by atoms with van der Waals surface area (Å²) in [5.74, 6) is -0.160. The molecule has 6 heteroatoms. The second kappa shape index (κ2) is 9.17. The molecule has 0 bridgehead atoms. The molecule has 2 aromatic heterocycles. The number of hydrogen-bond donors (Lipinski definition) is 2. The largest absolute Gasteiger partial charge is 0.356 e. The molecule has 0 radical (unpaired) electrons. The molecule has 0 aliphatic carbocycles. The average molecular weight is 378 g/mol. The predicted octanol–water partition coefficient (Wildman–Crippen LogP) is 2.82. The smallest absolute Gasteiger partial charge is 0.270 e. The van der Waals surface area contributed by atoms with E-state index in [9.17, 15) is 9.59 Å². The summed E-state index contributed by atoms with van der Waals surface area (Å²) in [5.41, 5.74) is 4.27. The molecule has 0 aliphatic heterocycles. The first kappa shape index (κ1) is 19.6. The Morgan fingerprint density at radius 3 is 2.57 bits per heavy atom. The Morgan fingerprint density at radius 2 is 1.79 bits per heavy atom. The summed E-state index contributed by atoms with van der Waals surface area (Å²) in [5, 5.41) is 5.82. The lowest BCUT2D eigenvalue weighted by Crippen LogP contribution is -2.29. The van der Waals surface area contributed by atoms with E-state index in [1.54, 1.807) is 0 Å². The molecule has 146 valence electrons. The Morgan fingerprint density at radius 1 is 1.00 bits per heavy atom. The molecule has 3 rings (SSSR count). The molecule has 28 heavy (non-hydrogen) atoms. The second-order valence-electron chi connectivity index (χ2n) is 6.88. The lowest BCUT2D eigenvalue weighted by Gasteiger charge is -2.07. The number of carbonyl (C=O) groups excluding carboxylic acids is 2. The maximum atomic E-state index is 12.6. The molecule has 0 atom stereocenters. The minimum Gasteiger partial charge on any atom is -0.356 e. The van der Waals surface area contributed by atoms with E-state index >= 15 is 0 Å². The Kier molecular flexibility index (Phi) is 6.42. The molecule has 0 saturated carbocycles. The van der Waals surface area contributed by atoms with E-state index in [1.807, 2.05) is 66.9 Å². The first-order valence-corrected chi connectivity index (χ1v) is 9.59.